The topological polar surface area (TPSA) is 235 Å². The number of nitrogens with one attached hydrogen (secondary N) is 1. The minimum atomic E-state index is -5.27. The van der Waals surface area contributed by atoms with E-state index in [9.17, 15) is 15.2 Å². The van der Waals surface area contributed by atoms with Crippen molar-refractivity contribution in [1.29, 1.82) is 0 Å². The lowest BCUT2D eigenvalue weighted by molar-refractivity contribution is -0.317. The lowest BCUT2D eigenvalue weighted by atomic mass is 9.84. The third kappa shape index (κ3) is 30.7. The smallest absolute Gasteiger partial charge is 0.374 e. The largest absolute Gasteiger partial charge is 0.472 e. The number of hydrogen-bond donors (Lipinski definition) is 2. The standard InChI is InChI=1S/C92H147N4O16P/c1-5-7-9-11-13-15-17-19-20-21-22-23-24-25-26-27-28-29-31-33-35-37-50-62-78(97)94-75(80-76(106-90(3,4)107-80)61-49-36-34-32-30-18-16-14-12-10-8-6-2)70-103-113(98,99)112-88-83(84-85(109-91(108-84)63-51-41-52-64-91)86-87(88)111-92(110-86)65-53-42-54-66-92)105-89-79(95-96-93)82(102-69-74-59-47-40-48-60-74)81(101-68-73-57-45-39-46-58-73)77(104-89)71-100-67-72-55-43-38-44-56-72/h38-40,43-48,55-60,75-77,79-89H,5-37,41-42,49-54,61-71H2,1-4H3,(H,94,97)(H,98,99)/t75-,76+,77+,79+,80-,81+,82+,83+,84+,85-,86+,87+,88-,89+/m0/s1. The molecule has 3 saturated carbocycles. The van der Waals surface area contributed by atoms with Gasteiger partial charge in [-0.05, 0) is 74.6 Å². The zero-order valence-corrected chi connectivity index (χ0v) is 70.8. The highest BCUT2D eigenvalue weighted by atomic mass is 31.2. The van der Waals surface area contributed by atoms with Crippen molar-refractivity contribution in [1.82, 2.24) is 5.32 Å². The van der Waals surface area contributed by atoms with Crippen LogP contribution in [0.25, 0.3) is 10.4 Å². The van der Waals surface area contributed by atoms with Gasteiger partial charge in [0.2, 0.25) is 5.91 Å². The number of azide groups is 1. The molecule has 3 aliphatic carbocycles. The van der Waals surface area contributed by atoms with Crippen LogP contribution in [0.1, 0.15) is 346 Å². The maximum absolute atomic E-state index is 15.7. The van der Waals surface area contributed by atoms with Crippen LogP contribution in [-0.4, -0.2) is 127 Å². The summed E-state index contributed by atoms with van der Waals surface area (Å²) in [6, 6.07) is 27.2. The van der Waals surface area contributed by atoms with Crippen LogP contribution in [0, 0.1) is 0 Å². The van der Waals surface area contributed by atoms with E-state index in [1.54, 1.807) is 0 Å². The summed E-state index contributed by atoms with van der Waals surface area (Å²) in [6.07, 6.45) is 40.9. The van der Waals surface area contributed by atoms with Gasteiger partial charge in [-0.25, -0.2) is 4.57 Å². The Morgan fingerprint density at radius 3 is 1.36 bits per heavy atom. The summed E-state index contributed by atoms with van der Waals surface area (Å²) < 4.78 is 106. The molecule has 4 heterocycles. The predicted molar refractivity (Wildman–Crippen MR) is 442 cm³/mol. The molecule has 1 amide bonds. The summed E-state index contributed by atoms with van der Waals surface area (Å²) >= 11 is 0. The van der Waals surface area contributed by atoms with Gasteiger partial charge in [-0.3, -0.25) is 13.8 Å². The van der Waals surface area contributed by atoms with Crippen LogP contribution < -0.4 is 5.32 Å². The van der Waals surface area contributed by atoms with Gasteiger partial charge >= 0.3 is 7.82 Å². The van der Waals surface area contributed by atoms with Crippen LogP contribution >= 0.6 is 7.82 Å². The lowest BCUT2D eigenvalue weighted by Gasteiger charge is -2.48. The Morgan fingerprint density at radius 1 is 0.504 bits per heavy atom. The summed E-state index contributed by atoms with van der Waals surface area (Å²) in [5.41, 5.74) is 13.4. The minimum absolute atomic E-state index is 0.00383. The van der Waals surface area contributed by atoms with Crippen molar-refractivity contribution in [2.24, 2.45) is 5.11 Å². The maximum Gasteiger partial charge on any atom is 0.472 e. The number of benzene rings is 3. The molecule has 21 heteroatoms. The maximum atomic E-state index is 15.7. The predicted octanol–water partition coefficient (Wildman–Crippen LogP) is 23.0. The van der Waals surface area contributed by atoms with E-state index in [1.807, 2.05) is 105 Å². The van der Waals surface area contributed by atoms with E-state index in [0.717, 1.165) is 93.7 Å². The number of hydrogen-bond acceptors (Lipinski definition) is 16. The third-order valence-electron chi connectivity index (χ3n) is 24.6. The zero-order valence-electron chi connectivity index (χ0n) is 69.9. The van der Waals surface area contributed by atoms with Gasteiger partial charge in [-0.15, -0.1) is 0 Å². The Kier molecular flexibility index (Phi) is 40.7. The molecule has 2 spiro atoms. The van der Waals surface area contributed by atoms with Gasteiger partial charge < -0.3 is 62.3 Å². The Morgan fingerprint density at radius 2 is 0.912 bits per heavy atom. The van der Waals surface area contributed by atoms with Crippen LogP contribution in [0.3, 0.4) is 0 Å². The van der Waals surface area contributed by atoms with E-state index >= 15 is 4.57 Å². The molecule has 4 saturated heterocycles. The molecular formula is C92H147N4O16P. The van der Waals surface area contributed by atoms with Crippen molar-refractivity contribution in [2.45, 2.75) is 452 Å². The number of carbonyl (C=O) groups excluding carboxylic acids is 1. The number of phosphoric ester groups is 1. The number of nitrogens with zero attached hydrogens (tertiary/aromatic N) is 3. The van der Waals surface area contributed by atoms with E-state index in [2.05, 4.69) is 29.2 Å². The molecule has 2 N–H and O–H groups in total. The zero-order chi connectivity index (χ0) is 79.1. The summed E-state index contributed by atoms with van der Waals surface area (Å²) in [5, 5.41) is 7.73. The van der Waals surface area contributed by atoms with Gasteiger partial charge in [0.1, 0.15) is 67.1 Å². The molecule has 0 bridgehead atoms. The van der Waals surface area contributed by atoms with Crippen molar-refractivity contribution in [3.63, 3.8) is 0 Å². The molecule has 3 aromatic carbocycles. The van der Waals surface area contributed by atoms with Gasteiger partial charge in [0.05, 0.1) is 45.2 Å². The summed E-state index contributed by atoms with van der Waals surface area (Å²) in [6.45, 7) is 8.36. The summed E-state index contributed by atoms with van der Waals surface area (Å²) in [5.74, 6) is -3.32. The first-order chi connectivity index (χ1) is 55.3. The fourth-order valence-electron chi connectivity index (χ4n) is 18.4. The van der Waals surface area contributed by atoms with Crippen molar-refractivity contribution in [3.05, 3.63) is 118 Å². The van der Waals surface area contributed by atoms with E-state index < -0.39 is 117 Å². The SMILES string of the molecule is CCCCCCCCCCCCCCCCCCCCCCCCCC(=O)N[C@@H](COP(=O)(O)O[C@H]1[C@H](O[C@H]2O[C@H](COCc3ccccc3)[C@@H](OCc3ccccc3)[C@H](OCc3ccccc3)[C@H]2N=[N+]=[N-])[C@H]2OC3(CCCCC3)O[C@@H]2[C@H]2OC3(CCCCC3)O[C@H]21)[C@@H]1OC(C)(C)O[C@@H]1CCCCCCCCCCCCCC. The second-order valence-corrected chi connectivity index (χ2v) is 35.9. The van der Waals surface area contributed by atoms with Crippen LogP contribution in [0.15, 0.2) is 96.1 Å². The number of phosphoric acid groups is 1. The van der Waals surface area contributed by atoms with Gasteiger partial charge in [0.25, 0.3) is 0 Å². The molecule has 7 aliphatic rings. The van der Waals surface area contributed by atoms with Gasteiger partial charge in [0, 0.05) is 37.0 Å². The average molecular weight is 1600 g/mol. The Hall–Kier alpha value is -3.89. The van der Waals surface area contributed by atoms with Gasteiger partial charge in [-0.1, -0.05) is 341 Å². The van der Waals surface area contributed by atoms with E-state index in [0.29, 0.717) is 38.5 Å². The normalized spacial score (nSPS) is 27.1. The second kappa shape index (κ2) is 50.2. The van der Waals surface area contributed by atoms with E-state index in [4.69, 9.17) is 61.2 Å². The molecule has 1 unspecified atom stereocenters. The molecule has 7 fully saturated rings. The van der Waals surface area contributed by atoms with Crippen LogP contribution in [0.5, 0.6) is 0 Å². The molecule has 20 nitrogen and oxygen atoms in total. The molecule has 0 radical (unpaired) electrons. The second-order valence-electron chi connectivity index (χ2n) is 34.5. The highest BCUT2D eigenvalue weighted by Gasteiger charge is 2.69. The monoisotopic (exact) mass is 1600 g/mol. The van der Waals surface area contributed by atoms with Crippen molar-refractivity contribution in [2.75, 3.05) is 13.2 Å². The lowest BCUT2D eigenvalue weighted by Crippen LogP contribution is -2.66. The minimum Gasteiger partial charge on any atom is -0.374 e. The number of rotatable bonds is 57. The highest BCUT2D eigenvalue weighted by molar-refractivity contribution is 7.47. The fourth-order valence-corrected chi connectivity index (χ4v) is 19.4. The molecule has 3 aromatic rings. The van der Waals surface area contributed by atoms with Crippen molar-refractivity contribution in [3.8, 4) is 0 Å². The van der Waals surface area contributed by atoms with E-state index in [1.165, 1.54) is 180 Å². The van der Waals surface area contributed by atoms with Crippen molar-refractivity contribution < 1.29 is 75.4 Å². The first kappa shape index (κ1) is 91.4. The van der Waals surface area contributed by atoms with Gasteiger partial charge in [-0.2, -0.15) is 0 Å². The summed E-state index contributed by atoms with van der Waals surface area (Å²) in [4.78, 5) is 30.6. The molecule has 10 rings (SSSR count). The Balaban J connectivity index is 0.843. The molecule has 4 aliphatic heterocycles. The highest BCUT2D eigenvalue weighted by Crippen LogP contribution is 2.57. The molecule has 636 valence electrons. The van der Waals surface area contributed by atoms with Crippen LogP contribution in [0.4, 0.5) is 0 Å². The quantitative estimate of drug-likeness (QED) is 0.0176. The third-order valence-corrected chi connectivity index (χ3v) is 25.6. The molecule has 113 heavy (non-hydrogen) atoms. The first-order valence-corrected chi connectivity index (χ1v) is 47.1. The molecular weight excluding hydrogens is 1450 g/mol. The fraction of sp³-hybridized carbons (Fsp3) is 0.793. The molecule has 15 atom stereocenters. The van der Waals surface area contributed by atoms with Crippen molar-refractivity contribution >= 4 is 13.7 Å². The van der Waals surface area contributed by atoms with Crippen LogP contribution in [0.2, 0.25) is 0 Å². The Labute approximate surface area is 679 Å². The van der Waals surface area contributed by atoms with E-state index in [-0.39, 0.29) is 38.8 Å². The van der Waals surface area contributed by atoms with Gasteiger partial charge in [0.15, 0.2) is 23.7 Å². The molecule has 0 aromatic heterocycles. The number of fused-ring (bicyclic) bond motifs is 3. The number of unbranched alkanes of at least 4 members (excludes halogenated alkanes) is 33. The number of carbonyl (C=O) groups is 1. The Bertz CT molecular complexity index is 3140. The van der Waals surface area contributed by atoms with Crippen LogP contribution in [-0.2, 0) is 90.3 Å². The average Bonchev–Trinajstić information content (AvgIpc) is 1.56. The first-order valence-electron chi connectivity index (χ1n) is 45.6. The number of amides is 1. The summed E-state index contributed by atoms with van der Waals surface area (Å²) in [7, 11) is -5.27. The number of ether oxygens (including phenoxy) is 11.